The largest absolute Gasteiger partial charge is 0.420 e. The molecule has 1 aromatic heterocycles. The van der Waals surface area contributed by atoms with E-state index in [0.717, 1.165) is 5.56 Å². The van der Waals surface area contributed by atoms with Crippen molar-refractivity contribution in [2.45, 2.75) is 24.5 Å². The van der Waals surface area contributed by atoms with Crippen LogP contribution in [0.2, 0.25) is 5.02 Å². The quantitative estimate of drug-likeness (QED) is 0.608. The van der Waals surface area contributed by atoms with Gasteiger partial charge in [-0.15, -0.1) is 22.0 Å². The summed E-state index contributed by atoms with van der Waals surface area (Å²) >= 11 is 7.59. The van der Waals surface area contributed by atoms with Crippen molar-refractivity contribution in [2.24, 2.45) is 0 Å². The van der Waals surface area contributed by atoms with E-state index in [1.807, 2.05) is 24.3 Å². The second kappa shape index (κ2) is 6.55. The first-order valence-corrected chi connectivity index (χ1v) is 8.26. The molecule has 2 aromatic carbocycles. The van der Waals surface area contributed by atoms with E-state index in [2.05, 4.69) is 42.2 Å². The SMILES string of the molecule is Cc1ccc(C)c(SCc2nnc(-c3ccc(Cl)cc3)o2)c1. The lowest BCUT2D eigenvalue weighted by molar-refractivity contribution is 0.528. The molecule has 0 saturated carbocycles. The van der Waals surface area contributed by atoms with Crippen LogP contribution >= 0.6 is 23.4 Å². The van der Waals surface area contributed by atoms with Gasteiger partial charge < -0.3 is 4.42 Å². The molecule has 0 spiro atoms. The predicted octanol–water partition coefficient (Wildman–Crippen LogP) is 5.30. The molecule has 0 aliphatic carbocycles. The van der Waals surface area contributed by atoms with Gasteiger partial charge in [-0.1, -0.05) is 29.3 Å². The number of nitrogens with zero attached hydrogens (tertiary/aromatic N) is 2. The maximum absolute atomic E-state index is 5.88. The number of halogens is 1. The summed E-state index contributed by atoms with van der Waals surface area (Å²) < 4.78 is 5.72. The molecule has 0 aliphatic rings. The highest BCUT2D eigenvalue weighted by Gasteiger charge is 2.09. The maximum atomic E-state index is 5.88. The van der Waals surface area contributed by atoms with Crippen molar-refractivity contribution in [3.05, 3.63) is 64.5 Å². The van der Waals surface area contributed by atoms with E-state index in [9.17, 15) is 0 Å². The zero-order valence-electron chi connectivity index (χ0n) is 12.3. The number of thioether (sulfide) groups is 1. The van der Waals surface area contributed by atoms with Gasteiger partial charge in [0, 0.05) is 15.5 Å². The van der Waals surface area contributed by atoms with Crippen LogP contribution in [0.4, 0.5) is 0 Å². The highest BCUT2D eigenvalue weighted by molar-refractivity contribution is 7.98. The number of rotatable bonds is 4. The Bertz CT molecular complexity index is 784. The van der Waals surface area contributed by atoms with Crippen molar-refractivity contribution in [3.63, 3.8) is 0 Å². The number of aryl methyl sites for hydroxylation is 2. The topological polar surface area (TPSA) is 38.9 Å². The smallest absolute Gasteiger partial charge is 0.247 e. The van der Waals surface area contributed by atoms with Crippen molar-refractivity contribution in [2.75, 3.05) is 0 Å². The molecule has 0 bridgehead atoms. The fraction of sp³-hybridized carbons (Fsp3) is 0.176. The third-order valence-corrected chi connectivity index (χ3v) is 4.65. The lowest BCUT2D eigenvalue weighted by Crippen LogP contribution is -1.84. The minimum Gasteiger partial charge on any atom is -0.420 e. The van der Waals surface area contributed by atoms with E-state index in [0.29, 0.717) is 22.6 Å². The zero-order chi connectivity index (χ0) is 15.5. The van der Waals surface area contributed by atoms with Gasteiger partial charge >= 0.3 is 0 Å². The van der Waals surface area contributed by atoms with Crippen molar-refractivity contribution in [1.82, 2.24) is 10.2 Å². The Hall–Kier alpha value is -1.78. The monoisotopic (exact) mass is 330 g/mol. The second-order valence-electron chi connectivity index (χ2n) is 5.07. The lowest BCUT2D eigenvalue weighted by Gasteiger charge is -2.04. The number of hydrogen-bond donors (Lipinski definition) is 0. The Balaban J connectivity index is 1.72. The Labute approximate surface area is 138 Å². The Morgan fingerprint density at radius 1 is 1.05 bits per heavy atom. The summed E-state index contributed by atoms with van der Waals surface area (Å²) in [4.78, 5) is 1.24. The fourth-order valence-electron chi connectivity index (χ4n) is 2.02. The molecular weight excluding hydrogens is 316 g/mol. The van der Waals surface area contributed by atoms with Crippen molar-refractivity contribution >= 4 is 23.4 Å². The average molecular weight is 331 g/mol. The van der Waals surface area contributed by atoms with Crippen LogP contribution in [-0.4, -0.2) is 10.2 Å². The van der Waals surface area contributed by atoms with Gasteiger partial charge in [-0.25, -0.2) is 0 Å². The van der Waals surface area contributed by atoms with Crippen LogP contribution in [0.1, 0.15) is 17.0 Å². The summed E-state index contributed by atoms with van der Waals surface area (Å²) in [6.45, 7) is 4.20. The molecule has 3 aromatic rings. The van der Waals surface area contributed by atoms with Crippen LogP contribution in [0.25, 0.3) is 11.5 Å². The molecule has 0 atom stereocenters. The average Bonchev–Trinajstić information content (AvgIpc) is 2.98. The van der Waals surface area contributed by atoms with E-state index in [4.69, 9.17) is 16.0 Å². The van der Waals surface area contributed by atoms with Crippen LogP contribution in [0.5, 0.6) is 0 Å². The molecule has 0 unspecified atom stereocenters. The number of benzene rings is 2. The highest BCUT2D eigenvalue weighted by atomic mass is 35.5. The summed E-state index contributed by atoms with van der Waals surface area (Å²) in [5, 5.41) is 8.90. The van der Waals surface area contributed by atoms with E-state index in [1.54, 1.807) is 11.8 Å². The third-order valence-electron chi connectivity index (χ3n) is 3.25. The molecule has 1 heterocycles. The molecule has 0 N–H and O–H groups in total. The van der Waals surface area contributed by atoms with Gasteiger partial charge in [0.15, 0.2) is 0 Å². The normalized spacial score (nSPS) is 10.9. The first kappa shape index (κ1) is 15.1. The number of hydrogen-bond acceptors (Lipinski definition) is 4. The summed E-state index contributed by atoms with van der Waals surface area (Å²) in [5.74, 6) is 1.80. The molecule has 3 rings (SSSR count). The highest BCUT2D eigenvalue weighted by Crippen LogP contribution is 2.28. The van der Waals surface area contributed by atoms with Crippen molar-refractivity contribution < 1.29 is 4.42 Å². The summed E-state index contributed by atoms with van der Waals surface area (Å²) in [5.41, 5.74) is 3.38. The van der Waals surface area contributed by atoms with Gasteiger partial charge in [-0.05, 0) is 49.7 Å². The zero-order valence-corrected chi connectivity index (χ0v) is 13.9. The second-order valence-corrected chi connectivity index (χ2v) is 6.52. The molecule has 5 heteroatoms. The van der Waals surface area contributed by atoms with E-state index >= 15 is 0 Å². The van der Waals surface area contributed by atoms with Crippen LogP contribution in [0, 0.1) is 13.8 Å². The van der Waals surface area contributed by atoms with Crippen LogP contribution in [0.15, 0.2) is 51.8 Å². The van der Waals surface area contributed by atoms with Gasteiger partial charge in [0.05, 0.1) is 5.75 Å². The minimum absolute atomic E-state index is 0.522. The molecule has 3 nitrogen and oxygen atoms in total. The third kappa shape index (κ3) is 3.51. The molecule has 0 aliphatic heterocycles. The van der Waals surface area contributed by atoms with E-state index < -0.39 is 0 Å². The molecule has 0 amide bonds. The van der Waals surface area contributed by atoms with Gasteiger partial charge in [0.2, 0.25) is 11.8 Å². The standard InChI is InChI=1S/C17H15ClN2OS/c1-11-3-4-12(2)15(9-11)22-10-16-19-20-17(21-16)13-5-7-14(18)8-6-13/h3-9H,10H2,1-2H3. The molecule has 0 saturated heterocycles. The summed E-state index contributed by atoms with van der Waals surface area (Å²) in [6, 6.07) is 13.8. The van der Waals surface area contributed by atoms with Gasteiger partial charge in [0.25, 0.3) is 0 Å². The van der Waals surface area contributed by atoms with E-state index in [-0.39, 0.29) is 0 Å². The molecule has 0 radical (unpaired) electrons. The van der Waals surface area contributed by atoms with E-state index in [1.165, 1.54) is 16.0 Å². The fourth-order valence-corrected chi connectivity index (χ4v) is 3.11. The van der Waals surface area contributed by atoms with Crippen LogP contribution in [0.3, 0.4) is 0 Å². The van der Waals surface area contributed by atoms with Crippen molar-refractivity contribution in [1.29, 1.82) is 0 Å². The summed E-state index contributed by atoms with van der Waals surface area (Å²) in [7, 11) is 0. The van der Waals surface area contributed by atoms with Crippen LogP contribution in [-0.2, 0) is 5.75 Å². The Morgan fingerprint density at radius 3 is 2.59 bits per heavy atom. The maximum Gasteiger partial charge on any atom is 0.247 e. The van der Waals surface area contributed by atoms with Crippen molar-refractivity contribution in [3.8, 4) is 11.5 Å². The molecule has 22 heavy (non-hydrogen) atoms. The predicted molar refractivity (Wildman–Crippen MR) is 90.2 cm³/mol. The molecule has 112 valence electrons. The first-order valence-electron chi connectivity index (χ1n) is 6.90. The Morgan fingerprint density at radius 2 is 1.82 bits per heavy atom. The van der Waals surface area contributed by atoms with Gasteiger partial charge in [0.1, 0.15) is 0 Å². The van der Waals surface area contributed by atoms with Gasteiger partial charge in [-0.3, -0.25) is 0 Å². The first-order chi connectivity index (χ1) is 10.6. The van der Waals surface area contributed by atoms with Crippen LogP contribution < -0.4 is 0 Å². The minimum atomic E-state index is 0.522. The van der Waals surface area contributed by atoms with Gasteiger partial charge in [-0.2, -0.15) is 0 Å². The molecule has 0 fully saturated rings. The summed E-state index contributed by atoms with van der Waals surface area (Å²) in [6.07, 6.45) is 0. The number of aromatic nitrogens is 2. The Kier molecular flexibility index (Phi) is 4.50. The molecular formula is C17H15ClN2OS. The lowest BCUT2D eigenvalue weighted by atomic mass is 10.2.